The number of hydrogen-bond acceptors (Lipinski definition) is 2. The molecular formula is C16H11FO2. The molecule has 0 saturated carbocycles. The summed E-state index contributed by atoms with van der Waals surface area (Å²) in [4.78, 5) is 0. The van der Waals surface area contributed by atoms with Gasteiger partial charge in [0.05, 0.1) is 0 Å². The summed E-state index contributed by atoms with van der Waals surface area (Å²) >= 11 is 0. The maximum absolute atomic E-state index is 13.5. The van der Waals surface area contributed by atoms with Crippen molar-refractivity contribution in [2.45, 2.75) is 6.92 Å². The van der Waals surface area contributed by atoms with Crippen LogP contribution in [0.4, 0.5) is 4.39 Å². The summed E-state index contributed by atoms with van der Waals surface area (Å²) in [7, 11) is 0. The molecule has 94 valence electrons. The smallest absolute Gasteiger partial charge is 0.231 e. The Bertz CT molecular complexity index is 678. The summed E-state index contributed by atoms with van der Waals surface area (Å²) in [6.45, 7) is 2.03. The molecule has 0 aromatic heterocycles. The Morgan fingerprint density at radius 1 is 1.11 bits per heavy atom. The lowest BCUT2D eigenvalue weighted by atomic mass is 9.97. The van der Waals surface area contributed by atoms with E-state index in [1.165, 1.54) is 12.1 Å². The molecule has 0 saturated heterocycles. The van der Waals surface area contributed by atoms with Crippen LogP contribution < -0.4 is 9.47 Å². The fourth-order valence-electron chi connectivity index (χ4n) is 2.19. The first-order valence-electron chi connectivity index (χ1n) is 5.85. The Kier molecular flexibility index (Phi) is 2.64. The molecule has 0 amide bonds. The predicted octanol–water partition coefficient (Wildman–Crippen LogP) is 3.51. The highest BCUT2D eigenvalue weighted by molar-refractivity contribution is 5.75. The molecule has 19 heavy (non-hydrogen) atoms. The van der Waals surface area contributed by atoms with Crippen molar-refractivity contribution in [3.63, 3.8) is 0 Å². The van der Waals surface area contributed by atoms with E-state index in [0.717, 1.165) is 16.7 Å². The highest BCUT2D eigenvalue weighted by Crippen LogP contribution is 2.38. The minimum atomic E-state index is -0.282. The molecule has 0 atom stereocenters. The van der Waals surface area contributed by atoms with E-state index in [2.05, 4.69) is 5.92 Å². The molecule has 2 nitrogen and oxygen atoms in total. The topological polar surface area (TPSA) is 18.5 Å². The number of fused-ring (bicyclic) bond motifs is 1. The summed E-state index contributed by atoms with van der Waals surface area (Å²) in [5.74, 6) is 3.59. The molecule has 1 aliphatic heterocycles. The third-order valence-electron chi connectivity index (χ3n) is 3.02. The first-order valence-corrected chi connectivity index (χ1v) is 5.85. The van der Waals surface area contributed by atoms with Crippen LogP contribution in [0, 0.1) is 25.1 Å². The molecule has 0 unspecified atom stereocenters. The van der Waals surface area contributed by atoms with E-state index in [9.17, 15) is 4.39 Å². The molecule has 0 fully saturated rings. The molecule has 1 heterocycles. The van der Waals surface area contributed by atoms with Gasteiger partial charge in [-0.05, 0) is 36.2 Å². The van der Waals surface area contributed by atoms with Crippen molar-refractivity contribution in [2.75, 3.05) is 6.79 Å². The van der Waals surface area contributed by atoms with Gasteiger partial charge in [0.2, 0.25) is 6.79 Å². The lowest BCUT2D eigenvalue weighted by molar-refractivity contribution is 0.174. The standard InChI is InChI=1S/C16H11FO2/c1-3-11-7-15-16(19-9-18-15)8-14(11)12-4-10(2)5-13(17)6-12/h1,4-8H,9H2,2H3. The molecule has 0 N–H and O–H groups in total. The molecule has 0 aliphatic carbocycles. The normalized spacial score (nSPS) is 12.3. The quantitative estimate of drug-likeness (QED) is 0.725. The molecular weight excluding hydrogens is 243 g/mol. The van der Waals surface area contributed by atoms with Gasteiger partial charge in [0.15, 0.2) is 11.5 Å². The largest absolute Gasteiger partial charge is 0.454 e. The van der Waals surface area contributed by atoms with Crippen molar-refractivity contribution in [1.29, 1.82) is 0 Å². The van der Waals surface area contributed by atoms with Crippen LogP contribution in [-0.4, -0.2) is 6.79 Å². The number of ether oxygens (including phenoxy) is 2. The zero-order valence-corrected chi connectivity index (χ0v) is 10.4. The maximum atomic E-state index is 13.5. The monoisotopic (exact) mass is 254 g/mol. The average molecular weight is 254 g/mol. The van der Waals surface area contributed by atoms with Crippen LogP contribution >= 0.6 is 0 Å². The number of hydrogen-bond donors (Lipinski definition) is 0. The first kappa shape index (κ1) is 11.6. The third-order valence-corrected chi connectivity index (χ3v) is 3.02. The Balaban J connectivity index is 2.22. The van der Waals surface area contributed by atoms with E-state index in [1.807, 2.05) is 13.0 Å². The SMILES string of the molecule is C#Cc1cc2c(cc1-c1cc(C)cc(F)c1)OCO2. The van der Waals surface area contributed by atoms with E-state index in [4.69, 9.17) is 15.9 Å². The fraction of sp³-hybridized carbons (Fsp3) is 0.125. The highest BCUT2D eigenvalue weighted by Gasteiger charge is 2.17. The van der Waals surface area contributed by atoms with Gasteiger partial charge in [0.25, 0.3) is 0 Å². The van der Waals surface area contributed by atoms with Crippen molar-refractivity contribution in [1.82, 2.24) is 0 Å². The number of terminal acetylenes is 1. The van der Waals surface area contributed by atoms with E-state index >= 15 is 0 Å². The summed E-state index contributed by atoms with van der Waals surface area (Å²) in [5.41, 5.74) is 3.02. The average Bonchev–Trinajstić information content (AvgIpc) is 2.83. The van der Waals surface area contributed by atoms with Crippen LogP contribution in [0.25, 0.3) is 11.1 Å². The van der Waals surface area contributed by atoms with E-state index in [1.54, 1.807) is 12.1 Å². The van der Waals surface area contributed by atoms with Crippen LogP contribution in [0.1, 0.15) is 11.1 Å². The fourth-order valence-corrected chi connectivity index (χ4v) is 2.19. The molecule has 0 spiro atoms. The van der Waals surface area contributed by atoms with Gasteiger partial charge in [-0.1, -0.05) is 12.0 Å². The van der Waals surface area contributed by atoms with Crippen LogP contribution in [0.2, 0.25) is 0 Å². The highest BCUT2D eigenvalue weighted by atomic mass is 19.1. The Morgan fingerprint density at radius 2 is 1.84 bits per heavy atom. The van der Waals surface area contributed by atoms with E-state index in [0.29, 0.717) is 17.1 Å². The lowest BCUT2D eigenvalue weighted by Crippen LogP contribution is -1.92. The Hall–Kier alpha value is -2.47. The van der Waals surface area contributed by atoms with Crippen molar-refractivity contribution in [3.8, 4) is 35.0 Å². The number of benzene rings is 2. The molecule has 3 rings (SSSR count). The minimum absolute atomic E-state index is 0.185. The van der Waals surface area contributed by atoms with Gasteiger partial charge in [0, 0.05) is 17.2 Å². The molecule has 1 aliphatic rings. The van der Waals surface area contributed by atoms with Gasteiger partial charge in [-0.3, -0.25) is 0 Å². The minimum Gasteiger partial charge on any atom is -0.454 e. The first-order chi connectivity index (χ1) is 9.17. The van der Waals surface area contributed by atoms with Gasteiger partial charge < -0.3 is 9.47 Å². The Morgan fingerprint density at radius 3 is 2.53 bits per heavy atom. The molecule has 0 bridgehead atoms. The second-order valence-corrected chi connectivity index (χ2v) is 4.41. The van der Waals surface area contributed by atoms with Crippen molar-refractivity contribution >= 4 is 0 Å². The van der Waals surface area contributed by atoms with Crippen molar-refractivity contribution in [3.05, 3.63) is 47.3 Å². The van der Waals surface area contributed by atoms with Gasteiger partial charge in [0.1, 0.15) is 5.82 Å². The number of aryl methyl sites for hydroxylation is 1. The second-order valence-electron chi connectivity index (χ2n) is 4.41. The van der Waals surface area contributed by atoms with Crippen LogP contribution in [0.5, 0.6) is 11.5 Å². The van der Waals surface area contributed by atoms with Gasteiger partial charge in [-0.15, -0.1) is 6.42 Å². The van der Waals surface area contributed by atoms with Gasteiger partial charge in [-0.2, -0.15) is 0 Å². The second kappa shape index (κ2) is 4.33. The molecule has 2 aromatic rings. The number of rotatable bonds is 1. The zero-order valence-electron chi connectivity index (χ0n) is 10.4. The number of halogens is 1. The summed E-state index contributed by atoms with van der Waals surface area (Å²) < 4.78 is 24.1. The summed E-state index contributed by atoms with van der Waals surface area (Å²) in [5, 5.41) is 0. The zero-order chi connectivity index (χ0) is 13.4. The third kappa shape index (κ3) is 2.02. The Labute approximate surface area is 110 Å². The van der Waals surface area contributed by atoms with Crippen molar-refractivity contribution in [2.24, 2.45) is 0 Å². The molecule has 2 aromatic carbocycles. The predicted molar refractivity (Wildman–Crippen MR) is 70.6 cm³/mol. The van der Waals surface area contributed by atoms with Crippen LogP contribution in [-0.2, 0) is 0 Å². The van der Waals surface area contributed by atoms with E-state index < -0.39 is 0 Å². The van der Waals surface area contributed by atoms with Gasteiger partial charge in [-0.25, -0.2) is 4.39 Å². The van der Waals surface area contributed by atoms with E-state index in [-0.39, 0.29) is 12.6 Å². The summed E-state index contributed by atoms with van der Waals surface area (Å²) in [6, 6.07) is 8.38. The molecule has 3 heteroatoms. The maximum Gasteiger partial charge on any atom is 0.231 e. The van der Waals surface area contributed by atoms with Crippen LogP contribution in [0.3, 0.4) is 0 Å². The van der Waals surface area contributed by atoms with Crippen LogP contribution in [0.15, 0.2) is 30.3 Å². The van der Waals surface area contributed by atoms with Gasteiger partial charge >= 0.3 is 0 Å². The van der Waals surface area contributed by atoms with Crippen molar-refractivity contribution < 1.29 is 13.9 Å². The summed E-state index contributed by atoms with van der Waals surface area (Å²) in [6.07, 6.45) is 5.52. The lowest BCUT2D eigenvalue weighted by Gasteiger charge is -2.08. The molecule has 0 radical (unpaired) electrons.